The quantitative estimate of drug-likeness (QED) is 0.337. The van der Waals surface area contributed by atoms with Crippen LogP contribution in [0.5, 0.6) is 0 Å². The first kappa shape index (κ1) is 23.7. The summed E-state index contributed by atoms with van der Waals surface area (Å²) in [6.07, 6.45) is 13.4. The molecule has 1 aliphatic rings. The Morgan fingerprint density at radius 2 is 2.00 bits per heavy atom. The molecule has 5 nitrogen and oxygen atoms in total. The standard InChI is InChI=1S/C22H36O5/c1-18(24)10-5-3-4-6-11-19-16-22(27,17-20(19)25)14-9-13-21(2,26)12-7-8-15-23/h6,9,11,14,19,23,26-27H,3-5,7-8,10,12-13,15-17H2,1-2H3/b11-6?,14-9+/t19-,21?,22+/m0/s1. The van der Waals surface area contributed by atoms with Crippen LogP contribution in [-0.4, -0.2) is 44.7 Å². The fourth-order valence-corrected chi connectivity index (χ4v) is 3.45. The second kappa shape index (κ2) is 11.5. The third-order valence-electron chi connectivity index (χ3n) is 5.09. The molecule has 154 valence electrons. The van der Waals surface area contributed by atoms with Gasteiger partial charge in [-0.2, -0.15) is 0 Å². The summed E-state index contributed by atoms with van der Waals surface area (Å²) in [7, 11) is 0. The highest BCUT2D eigenvalue weighted by Crippen LogP contribution is 2.34. The Bertz CT molecular complexity index is 535. The van der Waals surface area contributed by atoms with Crippen LogP contribution < -0.4 is 0 Å². The molecule has 0 aromatic carbocycles. The summed E-state index contributed by atoms with van der Waals surface area (Å²) in [6.45, 7) is 3.46. The van der Waals surface area contributed by atoms with E-state index in [1.165, 1.54) is 0 Å². The number of allylic oxidation sites excluding steroid dienone is 2. The molecule has 0 aromatic heterocycles. The summed E-state index contributed by atoms with van der Waals surface area (Å²) in [5, 5.41) is 29.8. The maximum Gasteiger partial charge on any atom is 0.143 e. The Morgan fingerprint density at radius 1 is 1.26 bits per heavy atom. The van der Waals surface area contributed by atoms with Crippen molar-refractivity contribution in [3.05, 3.63) is 24.3 Å². The van der Waals surface area contributed by atoms with Crippen LogP contribution in [0.3, 0.4) is 0 Å². The van der Waals surface area contributed by atoms with Crippen molar-refractivity contribution in [1.29, 1.82) is 0 Å². The zero-order valence-electron chi connectivity index (χ0n) is 16.8. The van der Waals surface area contributed by atoms with E-state index < -0.39 is 11.2 Å². The molecule has 0 amide bonds. The average molecular weight is 381 g/mol. The van der Waals surface area contributed by atoms with Crippen molar-refractivity contribution >= 4 is 11.6 Å². The van der Waals surface area contributed by atoms with Crippen molar-refractivity contribution in [1.82, 2.24) is 0 Å². The van der Waals surface area contributed by atoms with E-state index in [0.717, 1.165) is 25.7 Å². The Morgan fingerprint density at radius 3 is 2.67 bits per heavy atom. The van der Waals surface area contributed by atoms with Crippen LogP contribution in [0.4, 0.5) is 0 Å². The lowest BCUT2D eigenvalue weighted by molar-refractivity contribution is -0.120. The van der Waals surface area contributed by atoms with Gasteiger partial charge in [0.05, 0.1) is 11.2 Å². The summed E-state index contributed by atoms with van der Waals surface area (Å²) in [6, 6.07) is 0. The van der Waals surface area contributed by atoms with Gasteiger partial charge in [-0.25, -0.2) is 0 Å². The van der Waals surface area contributed by atoms with Crippen molar-refractivity contribution in [2.75, 3.05) is 6.61 Å². The molecule has 0 aromatic rings. The van der Waals surface area contributed by atoms with E-state index in [-0.39, 0.29) is 30.5 Å². The first-order chi connectivity index (χ1) is 12.7. The molecule has 1 saturated carbocycles. The lowest BCUT2D eigenvalue weighted by Crippen LogP contribution is -2.25. The van der Waals surface area contributed by atoms with E-state index in [0.29, 0.717) is 32.1 Å². The maximum atomic E-state index is 12.2. The minimum absolute atomic E-state index is 0.0387. The summed E-state index contributed by atoms with van der Waals surface area (Å²) in [4.78, 5) is 23.1. The second-order valence-electron chi connectivity index (χ2n) is 8.22. The zero-order chi connectivity index (χ0) is 20.3. The summed E-state index contributed by atoms with van der Waals surface area (Å²) in [5.41, 5.74) is -2.01. The predicted octanol–water partition coefficient (Wildman–Crippen LogP) is 3.26. The molecule has 1 unspecified atom stereocenters. The van der Waals surface area contributed by atoms with Crippen LogP contribution in [-0.2, 0) is 9.59 Å². The first-order valence-corrected chi connectivity index (χ1v) is 10.1. The van der Waals surface area contributed by atoms with Gasteiger partial charge in [-0.3, -0.25) is 4.79 Å². The smallest absolute Gasteiger partial charge is 0.143 e. The number of Topliss-reactive ketones (excluding diaryl/α,β-unsaturated/α-hetero) is 2. The van der Waals surface area contributed by atoms with Crippen molar-refractivity contribution in [3.8, 4) is 0 Å². The molecular formula is C22H36O5. The normalized spacial score (nSPS) is 25.5. The number of unbranched alkanes of at least 4 members (excludes halogenated alkanes) is 3. The zero-order valence-corrected chi connectivity index (χ0v) is 16.8. The molecule has 5 heteroatoms. The number of hydrogen-bond acceptors (Lipinski definition) is 5. The number of carbonyl (C=O) groups is 2. The molecule has 3 atom stereocenters. The fourth-order valence-electron chi connectivity index (χ4n) is 3.45. The molecule has 1 fully saturated rings. The van der Waals surface area contributed by atoms with Crippen LogP contribution in [0, 0.1) is 5.92 Å². The number of aliphatic hydroxyl groups is 3. The Hall–Kier alpha value is -1.30. The minimum Gasteiger partial charge on any atom is -0.396 e. The van der Waals surface area contributed by atoms with Crippen LogP contribution >= 0.6 is 0 Å². The molecular weight excluding hydrogens is 344 g/mol. The Kier molecular flexibility index (Phi) is 10.1. The molecule has 0 aliphatic heterocycles. The van der Waals surface area contributed by atoms with Gasteiger partial charge in [0.1, 0.15) is 11.6 Å². The van der Waals surface area contributed by atoms with Gasteiger partial charge in [-0.15, -0.1) is 0 Å². The molecule has 27 heavy (non-hydrogen) atoms. The third-order valence-corrected chi connectivity index (χ3v) is 5.09. The summed E-state index contributed by atoms with van der Waals surface area (Å²) >= 11 is 0. The Labute approximate surface area is 163 Å². The van der Waals surface area contributed by atoms with Gasteiger partial charge < -0.3 is 20.1 Å². The summed E-state index contributed by atoms with van der Waals surface area (Å²) < 4.78 is 0. The lowest BCUT2D eigenvalue weighted by atomic mass is 9.93. The highest BCUT2D eigenvalue weighted by molar-refractivity contribution is 5.86. The van der Waals surface area contributed by atoms with Crippen molar-refractivity contribution in [2.24, 2.45) is 5.92 Å². The molecule has 0 radical (unpaired) electrons. The molecule has 3 N–H and O–H groups in total. The van der Waals surface area contributed by atoms with Gasteiger partial charge in [-0.05, 0) is 65.2 Å². The van der Waals surface area contributed by atoms with Crippen LogP contribution in [0.2, 0.25) is 0 Å². The van der Waals surface area contributed by atoms with Crippen molar-refractivity contribution < 1.29 is 24.9 Å². The minimum atomic E-state index is -1.14. The SMILES string of the molecule is CC(=O)CCCCC=C[C@H]1C[C@](O)(/C=C/CC(C)(O)CCCCO)CC1=O. The first-order valence-electron chi connectivity index (χ1n) is 10.1. The van der Waals surface area contributed by atoms with Crippen LogP contribution in [0.15, 0.2) is 24.3 Å². The molecule has 0 heterocycles. The van der Waals surface area contributed by atoms with E-state index >= 15 is 0 Å². The largest absolute Gasteiger partial charge is 0.396 e. The molecule has 1 aliphatic carbocycles. The fraction of sp³-hybridized carbons (Fsp3) is 0.727. The molecule has 0 bridgehead atoms. The number of rotatable bonds is 13. The van der Waals surface area contributed by atoms with Gasteiger partial charge >= 0.3 is 0 Å². The third kappa shape index (κ3) is 9.99. The molecule has 0 saturated heterocycles. The number of hydrogen-bond donors (Lipinski definition) is 3. The van der Waals surface area contributed by atoms with E-state index in [1.54, 1.807) is 26.0 Å². The number of carbonyl (C=O) groups excluding carboxylic acids is 2. The molecule has 0 spiro atoms. The number of aliphatic hydroxyl groups excluding tert-OH is 1. The average Bonchev–Trinajstić information content (AvgIpc) is 2.84. The van der Waals surface area contributed by atoms with E-state index in [4.69, 9.17) is 5.11 Å². The monoisotopic (exact) mass is 380 g/mol. The maximum absolute atomic E-state index is 12.2. The highest BCUT2D eigenvalue weighted by Gasteiger charge is 2.40. The number of ketones is 2. The topological polar surface area (TPSA) is 94.8 Å². The van der Waals surface area contributed by atoms with Crippen molar-refractivity contribution in [2.45, 2.75) is 89.3 Å². The summed E-state index contributed by atoms with van der Waals surface area (Å²) in [5.74, 6) is -0.0245. The highest BCUT2D eigenvalue weighted by atomic mass is 16.3. The van der Waals surface area contributed by atoms with E-state index in [1.807, 2.05) is 12.2 Å². The van der Waals surface area contributed by atoms with E-state index in [9.17, 15) is 19.8 Å². The molecule has 1 rings (SSSR count). The van der Waals surface area contributed by atoms with Gasteiger partial charge in [0.15, 0.2) is 0 Å². The predicted molar refractivity (Wildman–Crippen MR) is 106 cm³/mol. The lowest BCUT2D eigenvalue weighted by Gasteiger charge is -2.22. The van der Waals surface area contributed by atoms with Crippen molar-refractivity contribution in [3.63, 3.8) is 0 Å². The van der Waals surface area contributed by atoms with E-state index in [2.05, 4.69) is 0 Å². The van der Waals surface area contributed by atoms with Gasteiger partial charge in [0, 0.05) is 25.4 Å². The van der Waals surface area contributed by atoms with Crippen LogP contribution in [0.25, 0.3) is 0 Å². The van der Waals surface area contributed by atoms with Gasteiger partial charge in [0.2, 0.25) is 0 Å². The van der Waals surface area contributed by atoms with Gasteiger partial charge in [-0.1, -0.05) is 24.3 Å². The Balaban J connectivity index is 2.42. The van der Waals surface area contributed by atoms with Gasteiger partial charge in [0.25, 0.3) is 0 Å². The second-order valence-corrected chi connectivity index (χ2v) is 8.22. The van der Waals surface area contributed by atoms with Crippen LogP contribution in [0.1, 0.15) is 78.1 Å².